The Hall–Kier alpha value is -2.50. The average molecular weight is 386 g/mol. The molecule has 0 aliphatic carbocycles. The van der Waals surface area contributed by atoms with Crippen LogP contribution in [-0.2, 0) is 16.0 Å². The smallest absolute Gasteiger partial charge is 0.245 e. The second kappa shape index (κ2) is 8.25. The number of likely N-dealkylation sites (tertiary alicyclic amines) is 1. The fraction of sp³-hybridized carbons (Fsp3) is 0.545. The van der Waals surface area contributed by atoms with Gasteiger partial charge in [-0.2, -0.15) is 0 Å². The first kappa shape index (κ1) is 20.2. The first-order valence-electron chi connectivity index (χ1n) is 10.1. The van der Waals surface area contributed by atoms with Crippen molar-refractivity contribution in [2.45, 2.75) is 59.0 Å². The van der Waals surface area contributed by atoms with Crippen LogP contribution in [-0.4, -0.2) is 40.4 Å². The number of aromatic hydroxyl groups is 1. The van der Waals surface area contributed by atoms with Gasteiger partial charge < -0.3 is 19.7 Å². The summed E-state index contributed by atoms with van der Waals surface area (Å²) in [7, 11) is 0. The molecular weight excluding hydrogens is 356 g/mol. The molecule has 1 saturated heterocycles. The van der Waals surface area contributed by atoms with E-state index in [1.807, 2.05) is 32.6 Å². The Kier molecular flexibility index (Phi) is 5.96. The highest BCUT2D eigenvalue weighted by Gasteiger charge is 2.35. The van der Waals surface area contributed by atoms with E-state index in [9.17, 15) is 14.7 Å². The zero-order valence-corrected chi connectivity index (χ0v) is 17.1. The van der Waals surface area contributed by atoms with Crippen LogP contribution in [0.1, 0.15) is 46.1 Å². The molecule has 0 bridgehead atoms. The Bertz CT molecular complexity index is 855. The molecule has 2 heterocycles. The van der Waals surface area contributed by atoms with Crippen LogP contribution in [0.2, 0.25) is 0 Å². The van der Waals surface area contributed by atoms with Crippen LogP contribution in [0.25, 0.3) is 11.0 Å². The standard InChI is InChI=1S/C22H30N2O4/c1-13(2)20(23-21(26)14(3)4)22(27)24-9-5-6-16(24)10-15-12-28-19-8-7-17(25)11-18(15)19/h7-8,11-14,16,20,25H,5-6,9-10H2,1-4H3,(H,23,26)/t16-,20-/m0/s1. The van der Waals surface area contributed by atoms with Gasteiger partial charge in [0.1, 0.15) is 17.4 Å². The second-order valence-electron chi connectivity index (χ2n) is 8.36. The molecule has 28 heavy (non-hydrogen) atoms. The number of hydrogen-bond acceptors (Lipinski definition) is 4. The molecule has 1 aromatic carbocycles. The minimum absolute atomic E-state index is 0.0119. The minimum atomic E-state index is -0.513. The lowest BCUT2D eigenvalue weighted by atomic mass is 9.99. The van der Waals surface area contributed by atoms with E-state index in [0.717, 1.165) is 29.4 Å². The van der Waals surface area contributed by atoms with Crippen LogP contribution in [0.15, 0.2) is 28.9 Å². The molecule has 2 N–H and O–H groups in total. The highest BCUT2D eigenvalue weighted by Crippen LogP contribution is 2.30. The van der Waals surface area contributed by atoms with Gasteiger partial charge in [-0.05, 0) is 43.4 Å². The lowest BCUT2D eigenvalue weighted by molar-refractivity contribution is -0.139. The number of carbonyl (C=O) groups is 2. The van der Waals surface area contributed by atoms with Gasteiger partial charge in [0.25, 0.3) is 0 Å². The van der Waals surface area contributed by atoms with Gasteiger partial charge in [-0.15, -0.1) is 0 Å². The number of benzene rings is 1. The molecule has 152 valence electrons. The number of phenolic OH excluding ortho intramolecular Hbond substituents is 1. The molecular formula is C22H30N2O4. The summed E-state index contributed by atoms with van der Waals surface area (Å²) in [6.45, 7) is 8.27. The Morgan fingerprint density at radius 1 is 1.29 bits per heavy atom. The fourth-order valence-electron chi connectivity index (χ4n) is 3.83. The van der Waals surface area contributed by atoms with E-state index >= 15 is 0 Å². The lowest BCUT2D eigenvalue weighted by Gasteiger charge is -2.31. The van der Waals surface area contributed by atoms with Crippen molar-refractivity contribution in [3.8, 4) is 5.75 Å². The number of rotatable bonds is 6. The van der Waals surface area contributed by atoms with Gasteiger partial charge in [0, 0.05) is 29.5 Å². The molecule has 0 unspecified atom stereocenters. The Balaban J connectivity index is 1.78. The van der Waals surface area contributed by atoms with Gasteiger partial charge in [-0.25, -0.2) is 0 Å². The molecule has 6 nitrogen and oxygen atoms in total. The molecule has 6 heteroatoms. The van der Waals surface area contributed by atoms with Crippen LogP contribution in [0, 0.1) is 11.8 Å². The maximum absolute atomic E-state index is 13.2. The molecule has 1 aliphatic rings. The van der Waals surface area contributed by atoms with Crippen molar-refractivity contribution in [1.29, 1.82) is 0 Å². The molecule has 0 radical (unpaired) electrons. The Labute approximate surface area is 165 Å². The van der Waals surface area contributed by atoms with Gasteiger partial charge in [-0.1, -0.05) is 27.7 Å². The quantitative estimate of drug-likeness (QED) is 0.796. The minimum Gasteiger partial charge on any atom is -0.508 e. The highest BCUT2D eigenvalue weighted by atomic mass is 16.3. The summed E-state index contributed by atoms with van der Waals surface area (Å²) in [5.41, 5.74) is 1.72. The summed E-state index contributed by atoms with van der Waals surface area (Å²) in [5.74, 6) is -0.0522. The topological polar surface area (TPSA) is 82.8 Å². The molecule has 2 atom stereocenters. The monoisotopic (exact) mass is 386 g/mol. The summed E-state index contributed by atoms with van der Waals surface area (Å²) >= 11 is 0. The summed E-state index contributed by atoms with van der Waals surface area (Å²) in [4.78, 5) is 27.3. The van der Waals surface area contributed by atoms with Gasteiger partial charge in [0.15, 0.2) is 0 Å². The average Bonchev–Trinajstić information content (AvgIpc) is 3.26. The van der Waals surface area contributed by atoms with Crippen molar-refractivity contribution < 1.29 is 19.1 Å². The molecule has 2 aromatic rings. The number of furan rings is 1. The normalized spacial score (nSPS) is 18.2. The van der Waals surface area contributed by atoms with E-state index in [2.05, 4.69) is 5.32 Å². The molecule has 0 spiro atoms. The third-order valence-corrected chi connectivity index (χ3v) is 5.51. The highest BCUT2D eigenvalue weighted by molar-refractivity contribution is 5.89. The summed E-state index contributed by atoms with van der Waals surface area (Å²) in [6.07, 6.45) is 4.25. The van der Waals surface area contributed by atoms with Crippen molar-refractivity contribution in [3.05, 3.63) is 30.0 Å². The third-order valence-electron chi connectivity index (χ3n) is 5.51. The van der Waals surface area contributed by atoms with E-state index < -0.39 is 6.04 Å². The van der Waals surface area contributed by atoms with Gasteiger partial charge >= 0.3 is 0 Å². The van der Waals surface area contributed by atoms with Crippen LogP contribution in [0.5, 0.6) is 5.75 Å². The van der Waals surface area contributed by atoms with E-state index in [0.29, 0.717) is 13.0 Å². The van der Waals surface area contributed by atoms with Crippen molar-refractivity contribution in [3.63, 3.8) is 0 Å². The van der Waals surface area contributed by atoms with Crippen molar-refractivity contribution in [1.82, 2.24) is 10.2 Å². The van der Waals surface area contributed by atoms with Crippen molar-refractivity contribution in [2.75, 3.05) is 6.54 Å². The number of nitrogens with zero attached hydrogens (tertiary/aromatic N) is 1. The maximum atomic E-state index is 13.2. The van der Waals surface area contributed by atoms with Gasteiger partial charge in [0.2, 0.25) is 11.8 Å². The number of hydrogen-bond donors (Lipinski definition) is 2. The van der Waals surface area contributed by atoms with Crippen LogP contribution in [0.3, 0.4) is 0 Å². The molecule has 1 aliphatic heterocycles. The van der Waals surface area contributed by atoms with Crippen LogP contribution < -0.4 is 5.32 Å². The van der Waals surface area contributed by atoms with E-state index in [-0.39, 0.29) is 35.4 Å². The first-order chi connectivity index (χ1) is 13.3. The van der Waals surface area contributed by atoms with E-state index in [1.165, 1.54) is 0 Å². The second-order valence-corrected chi connectivity index (χ2v) is 8.36. The number of phenols is 1. The van der Waals surface area contributed by atoms with Crippen molar-refractivity contribution >= 4 is 22.8 Å². The van der Waals surface area contributed by atoms with Crippen LogP contribution >= 0.6 is 0 Å². The van der Waals surface area contributed by atoms with E-state index in [4.69, 9.17) is 4.42 Å². The molecule has 2 amide bonds. The molecule has 3 rings (SSSR count). The van der Waals surface area contributed by atoms with Crippen molar-refractivity contribution in [2.24, 2.45) is 11.8 Å². The van der Waals surface area contributed by atoms with Gasteiger partial charge in [-0.3, -0.25) is 9.59 Å². The number of amides is 2. The Morgan fingerprint density at radius 2 is 2.04 bits per heavy atom. The Morgan fingerprint density at radius 3 is 2.71 bits per heavy atom. The maximum Gasteiger partial charge on any atom is 0.245 e. The predicted octanol–water partition coefficient (Wildman–Crippen LogP) is 3.47. The molecule has 0 saturated carbocycles. The number of nitrogens with one attached hydrogen (secondary N) is 1. The fourth-order valence-corrected chi connectivity index (χ4v) is 3.83. The van der Waals surface area contributed by atoms with Gasteiger partial charge in [0.05, 0.1) is 6.26 Å². The summed E-state index contributed by atoms with van der Waals surface area (Å²) in [6, 6.07) is 4.61. The predicted molar refractivity (Wildman–Crippen MR) is 108 cm³/mol. The zero-order chi connectivity index (χ0) is 20.4. The van der Waals surface area contributed by atoms with E-state index in [1.54, 1.807) is 24.5 Å². The van der Waals surface area contributed by atoms with Crippen LogP contribution in [0.4, 0.5) is 0 Å². The lowest BCUT2D eigenvalue weighted by Crippen LogP contribution is -2.53. The first-order valence-corrected chi connectivity index (χ1v) is 10.1. The summed E-state index contributed by atoms with van der Waals surface area (Å²) < 4.78 is 5.60. The zero-order valence-electron chi connectivity index (χ0n) is 17.1. The summed E-state index contributed by atoms with van der Waals surface area (Å²) in [5, 5.41) is 13.6. The largest absolute Gasteiger partial charge is 0.508 e. The number of carbonyl (C=O) groups excluding carboxylic acids is 2. The molecule has 1 aromatic heterocycles. The third kappa shape index (κ3) is 4.16. The SMILES string of the molecule is CC(C)C(=O)N[C@H](C(=O)N1CCC[C@H]1Cc1coc2ccc(O)cc12)C(C)C. The number of fused-ring (bicyclic) bond motifs is 1. The molecule has 1 fully saturated rings.